The smallest absolute Gasteiger partial charge is 0.235 e. The highest BCUT2D eigenvalue weighted by Gasteiger charge is 2.49. The second-order valence-corrected chi connectivity index (χ2v) is 12.6. The number of aliphatic imine (C=N–C) groups is 1. The van der Waals surface area contributed by atoms with E-state index >= 15 is 0 Å². The van der Waals surface area contributed by atoms with E-state index in [1.165, 1.54) is 44.2 Å². The quantitative estimate of drug-likeness (QED) is 0.198. The molecule has 3 heterocycles. The normalized spacial score (nSPS) is 16.7. The molecule has 1 unspecified atom stereocenters. The first kappa shape index (κ1) is 27.0. The summed E-state index contributed by atoms with van der Waals surface area (Å²) in [6.45, 7) is 0.806. The van der Waals surface area contributed by atoms with Gasteiger partial charge in [0.15, 0.2) is 0 Å². The van der Waals surface area contributed by atoms with Crippen molar-refractivity contribution in [3.8, 4) is 28.3 Å². The van der Waals surface area contributed by atoms with Crippen LogP contribution in [0.25, 0.3) is 61.0 Å². The summed E-state index contributed by atoms with van der Waals surface area (Å²) in [7, 11) is 0. The van der Waals surface area contributed by atoms with Gasteiger partial charge in [0.25, 0.3) is 0 Å². The molecule has 0 radical (unpaired) electrons. The molecule has 6 aromatic carbocycles. The van der Waals surface area contributed by atoms with Crippen LogP contribution in [0.4, 0.5) is 0 Å². The zero-order valence-corrected chi connectivity index (χ0v) is 26.2. The first-order chi connectivity index (χ1) is 23.8. The molecular weight excluding hydrogens is 585 g/mol. The largest absolute Gasteiger partial charge is 0.293 e. The van der Waals surface area contributed by atoms with Gasteiger partial charge in [-0.15, -0.1) is 0 Å². The van der Waals surface area contributed by atoms with Gasteiger partial charge >= 0.3 is 0 Å². The predicted molar refractivity (Wildman–Crippen MR) is 197 cm³/mol. The average molecular weight is 615 g/mol. The molecule has 0 bridgehead atoms. The third kappa shape index (κ3) is 3.68. The number of hydrogen-bond acceptors (Lipinski definition) is 3. The number of aromatic nitrogens is 3. The van der Waals surface area contributed by atoms with Gasteiger partial charge in [0.2, 0.25) is 5.95 Å². The number of benzene rings is 6. The lowest BCUT2D eigenvalue weighted by molar-refractivity contribution is 0.767. The molecule has 4 heteroatoms. The van der Waals surface area contributed by atoms with Crippen LogP contribution in [0.1, 0.15) is 23.1 Å². The molecule has 226 valence electrons. The molecule has 10 rings (SSSR count). The maximum Gasteiger partial charge on any atom is 0.235 e. The third-order valence-electron chi connectivity index (χ3n) is 10.2. The van der Waals surface area contributed by atoms with E-state index in [2.05, 4.69) is 156 Å². The second-order valence-electron chi connectivity index (χ2n) is 12.6. The van der Waals surface area contributed by atoms with Gasteiger partial charge in [-0.2, -0.15) is 0 Å². The molecule has 0 saturated heterocycles. The fourth-order valence-corrected chi connectivity index (χ4v) is 8.24. The summed E-state index contributed by atoms with van der Waals surface area (Å²) in [5, 5.41) is 3.40. The van der Waals surface area contributed by atoms with Gasteiger partial charge in [-0.05, 0) is 46.4 Å². The first-order valence-electron chi connectivity index (χ1n) is 16.6. The van der Waals surface area contributed by atoms with Crippen molar-refractivity contribution in [2.24, 2.45) is 4.99 Å². The van der Waals surface area contributed by atoms with Gasteiger partial charge in [0.1, 0.15) is 0 Å². The third-order valence-corrected chi connectivity index (χ3v) is 10.2. The fourth-order valence-electron chi connectivity index (χ4n) is 8.24. The Balaban J connectivity index is 1.42. The second kappa shape index (κ2) is 10.4. The summed E-state index contributed by atoms with van der Waals surface area (Å²) >= 11 is 0. The van der Waals surface area contributed by atoms with Crippen LogP contribution in [-0.2, 0) is 5.41 Å². The zero-order valence-electron chi connectivity index (χ0n) is 26.2. The molecule has 2 aromatic heterocycles. The van der Waals surface area contributed by atoms with Crippen molar-refractivity contribution in [3.05, 3.63) is 174 Å². The van der Waals surface area contributed by atoms with Crippen LogP contribution in [0, 0.1) is 0 Å². The van der Waals surface area contributed by atoms with Crippen LogP contribution in [0.2, 0.25) is 0 Å². The van der Waals surface area contributed by atoms with E-state index in [-0.39, 0.29) is 0 Å². The van der Waals surface area contributed by atoms with Crippen molar-refractivity contribution in [1.82, 2.24) is 14.5 Å². The molecule has 0 amide bonds. The van der Waals surface area contributed by atoms with Crippen LogP contribution in [0.5, 0.6) is 0 Å². The zero-order chi connectivity index (χ0) is 31.7. The summed E-state index contributed by atoms with van der Waals surface area (Å²) in [4.78, 5) is 15.6. The van der Waals surface area contributed by atoms with E-state index in [1.54, 1.807) is 0 Å². The molecule has 0 fully saturated rings. The minimum absolute atomic E-state index is 0.581. The van der Waals surface area contributed by atoms with Gasteiger partial charge in [0.05, 0.1) is 27.7 Å². The van der Waals surface area contributed by atoms with Gasteiger partial charge in [-0.25, -0.2) is 9.97 Å². The van der Waals surface area contributed by atoms with E-state index in [1.807, 2.05) is 6.07 Å². The van der Waals surface area contributed by atoms with Crippen molar-refractivity contribution < 1.29 is 0 Å². The molecule has 1 atom stereocenters. The molecule has 0 N–H and O–H groups in total. The number of nitrogens with zero attached hydrogens (tertiary/aromatic N) is 4. The molecule has 1 aliphatic carbocycles. The average Bonchev–Trinajstić information content (AvgIpc) is 3.66. The summed E-state index contributed by atoms with van der Waals surface area (Å²) in [5.41, 5.74) is 12.0. The lowest BCUT2D eigenvalue weighted by Gasteiger charge is -2.35. The molecule has 0 spiro atoms. The van der Waals surface area contributed by atoms with Crippen molar-refractivity contribution in [2.45, 2.75) is 11.8 Å². The minimum atomic E-state index is -0.581. The van der Waals surface area contributed by atoms with Gasteiger partial charge < -0.3 is 0 Å². The predicted octanol–water partition coefficient (Wildman–Crippen LogP) is 10.1. The lowest BCUT2D eigenvalue weighted by atomic mass is 9.66. The Bertz CT molecular complexity index is 2610. The van der Waals surface area contributed by atoms with Crippen molar-refractivity contribution in [1.29, 1.82) is 0 Å². The number of allylic oxidation sites excluding steroid dienone is 1. The summed E-state index contributed by atoms with van der Waals surface area (Å²) in [6.07, 6.45) is 5.43. The SMILES string of the molecule is C1=NCCC=C1C1(c2ccccc2)c2ccccc2-c2ccc3c4ccccc4n(-c4nc(-c5ccccc5)c5ccccc5n4)c3c21. The van der Waals surface area contributed by atoms with Crippen LogP contribution < -0.4 is 0 Å². The first-order valence-corrected chi connectivity index (χ1v) is 16.6. The fraction of sp³-hybridized carbons (Fsp3) is 0.0682. The highest BCUT2D eigenvalue weighted by Crippen LogP contribution is 2.59. The summed E-state index contributed by atoms with van der Waals surface area (Å²) in [6, 6.07) is 52.0. The Morgan fingerprint density at radius 1 is 0.583 bits per heavy atom. The molecule has 1 aliphatic heterocycles. The van der Waals surface area contributed by atoms with Crippen LogP contribution in [0.3, 0.4) is 0 Å². The molecular formula is C44H30N4. The maximum atomic E-state index is 5.43. The Morgan fingerprint density at radius 3 is 2.15 bits per heavy atom. The Hall–Kier alpha value is -6.13. The van der Waals surface area contributed by atoms with Gasteiger partial charge in [-0.3, -0.25) is 9.56 Å². The van der Waals surface area contributed by atoms with Crippen molar-refractivity contribution in [2.75, 3.05) is 6.54 Å². The van der Waals surface area contributed by atoms with E-state index in [9.17, 15) is 0 Å². The number of hydrogen-bond donors (Lipinski definition) is 0. The van der Waals surface area contributed by atoms with Crippen molar-refractivity contribution in [3.63, 3.8) is 0 Å². The van der Waals surface area contributed by atoms with Crippen molar-refractivity contribution >= 4 is 38.9 Å². The summed E-state index contributed by atoms with van der Waals surface area (Å²) in [5.74, 6) is 0.663. The van der Waals surface area contributed by atoms with Crippen LogP contribution in [0.15, 0.2) is 162 Å². The molecule has 48 heavy (non-hydrogen) atoms. The highest BCUT2D eigenvalue weighted by molar-refractivity contribution is 6.14. The van der Waals surface area contributed by atoms with E-state index in [0.717, 1.165) is 46.2 Å². The number of para-hydroxylation sites is 2. The Morgan fingerprint density at radius 2 is 1.31 bits per heavy atom. The highest BCUT2D eigenvalue weighted by atomic mass is 15.2. The molecule has 0 saturated carbocycles. The standard InChI is InChI=1S/C44H30N4/c1-3-14-29(15-4-1)41-36-21-8-11-23-38(36)46-43(47-41)48-39-24-12-9-20-33(39)35-26-25-34-32-19-7-10-22-37(32)44(40(34)42(35)48,30-16-5-2-6-17-30)31-18-13-27-45-28-31/h1-12,14-26,28H,13,27H2. The van der Waals surface area contributed by atoms with E-state index in [0.29, 0.717) is 5.95 Å². The number of dihydropyridines is 1. The molecule has 8 aromatic rings. The van der Waals surface area contributed by atoms with Gasteiger partial charge in [0, 0.05) is 40.0 Å². The van der Waals surface area contributed by atoms with Crippen LogP contribution >= 0.6 is 0 Å². The number of rotatable bonds is 4. The minimum Gasteiger partial charge on any atom is -0.293 e. The summed E-state index contributed by atoms with van der Waals surface area (Å²) < 4.78 is 2.33. The lowest BCUT2D eigenvalue weighted by Crippen LogP contribution is -2.32. The van der Waals surface area contributed by atoms with E-state index < -0.39 is 5.41 Å². The Labute approximate surface area is 278 Å². The maximum absolute atomic E-state index is 5.43. The number of fused-ring (bicyclic) bond motifs is 8. The monoisotopic (exact) mass is 614 g/mol. The Kier molecular flexibility index (Phi) is 5.88. The van der Waals surface area contributed by atoms with E-state index in [4.69, 9.17) is 15.0 Å². The molecule has 2 aliphatic rings. The topological polar surface area (TPSA) is 43.1 Å². The van der Waals surface area contributed by atoms with Crippen LogP contribution in [-0.4, -0.2) is 27.3 Å². The van der Waals surface area contributed by atoms with Gasteiger partial charge in [-0.1, -0.05) is 140 Å². The molecule has 4 nitrogen and oxygen atoms in total.